The maximum Gasteiger partial charge on any atom is 0.317 e. The van der Waals surface area contributed by atoms with Gasteiger partial charge in [-0.05, 0) is 30.0 Å². The van der Waals surface area contributed by atoms with Gasteiger partial charge in [-0.2, -0.15) is 0 Å². The average molecular weight is 306 g/mol. The minimum absolute atomic E-state index is 0.0396. The van der Waals surface area contributed by atoms with Crippen molar-refractivity contribution < 1.29 is 14.6 Å². The second-order valence-corrected chi connectivity index (χ2v) is 6.95. The van der Waals surface area contributed by atoms with E-state index in [1.807, 2.05) is 12.1 Å². The third kappa shape index (κ3) is 4.37. The fourth-order valence-corrected chi connectivity index (χ4v) is 2.25. The van der Waals surface area contributed by atoms with Gasteiger partial charge in [0.05, 0.1) is 19.2 Å². The normalized spacial score (nSPS) is 16.9. The molecule has 2 amide bonds. The van der Waals surface area contributed by atoms with E-state index in [2.05, 4.69) is 38.2 Å². The molecule has 1 aromatic carbocycles. The van der Waals surface area contributed by atoms with Crippen molar-refractivity contribution in [2.75, 3.05) is 19.6 Å². The summed E-state index contributed by atoms with van der Waals surface area (Å²) in [5.41, 5.74) is 1.40. The van der Waals surface area contributed by atoms with Crippen LogP contribution in [-0.2, 0) is 5.41 Å². The lowest BCUT2D eigenvalue weighted by Gasteiger charge is -2.39. The van der Waals surface area contributed by atoms with Gasteiger partial charge in [0, 0.05) is 6.54 Å². The molecule has 1 aromatic rings. The van der Waals surface area contributed by atoms with E-state index in [0.717, 1.165) is 5.75 Å². The van der Waals surface area contributed by atoms with Crippen LogP contribution in [-0.4, -0.2) is 47.9 Å². The van der Waals surface area contributed by atoms with Gasteiger partial charge in [0.1, 0.15) is 11.9 Å². The Kier molecular flexibility index (Phi) is 4.96. The van der Waals surface area contributed by atoms with Crippen molar-refractivity contribution in [3.8, 4) is 5.75 Å². The molecule has 5 nitrogen and oxygen atoms in total. The number of carbonyl (C=O) groups is 1. The van der Waals surface area contributed by atoms with E-state index >= 15 is 0 Å². The molecule has 0 spiro atoms. The van der Waals surface area contributed by atoms with Crippen molar-refractivity contribution in [3.63, 3.8) is 0 Å². The molecule has 0 saturated carbocycles. The van der Waals surface area contributed by atoms with Crippen LogP contribution < -0.4 is 10.1 Å². The Balaban J connectivity index is 1.77. The number of hydrogen-bond acceptors (Lipinski definition) is 3. The highest BCUT2D eigenvalue weighted by molar-refractivity contribution is 5.75. The molecule has 1 unspecified atom stereocenters. The van der Waals surface area contributed by atoms with Gasteiger partial charge < -0.3 is 20.1 Å². The summed E-state index contributed by atoms with van der Waals surface area (Å²) in [6.07, 6.45) is -0.489. The van der Waals surface area contributed by atoms with Crippen LogP contribution in [0.15, 0.2) is 24.3 Å². The van der Waals surface area contributed by atoms with Gasteiger partial charge in [0.2, 0.25) is 0 Å². The second-order valence-electron chi connectivity index (χ2n) is 6.95. The molecule has 1 atom stereocenters. The first kappa shape index (κ1) is 16.6. The topological polar surface area (TPSA) is 61.8 Å². The largest absolute Gasteiger partial charge is 0.487 e. The van der Waals surface area contributed by atoms with Gasteiger partial charge in [0.25, 0.3) is 0 Å². The molecule has 22 heavy (non-hydrogen) atoms. The van der Waals surface area contributed by atoms with Crippen molar-refractivity contribution in [1.82, 2.24) is 10.2 Å². The highest BCUT2D eigenvalue weighted by Crippen LogP contribution is 2.25. The van der Waals surface area contributed by atoms with Crippen molar-refractivity contribution >= 4 is 6.03 Å². The van der Waals surface area contributed by atoms with E-state index in [1.54, 1.807) is 11.8 Å². The van der Waals surface area contributed by atoms with Gasteiger partial charge in [-0.3, -0.25) is 0 Å². The molecular formula is C17H26N2O3. The molecule has 0 aromatic heterocycles. The molecule has 2 N–H and O–H groups in total. The van der Waals surface area contributed by atoms with Crippen LogP contribution in [0.4, 0.5) is 4.79 Å². The SMILES string of the molecule is CC(O)CNC(=O)N1CC(Oc2ccc(C(C)(C)C)cc2)C1. The number of aliphatic hydroxyl groups excluding tert-OH is 1. The van der Waals surface area contributed by atoms with Crippen LogP contribution >= 0.6 is 0 Å². The molecule has 0 bridgehead atoms. The summed E-state index contributed by atoms with van der Waals surface area (Å²) in [5.74, 6) is 0.835. The number of hydrogen-bond donors (Lipinski definition) is 2. The highest BCUT2D eigenvalue weighted by Gasteiger charge is 2.32. The minimum atomic E-state index is -0.529. The first-order valence-electron chi connectivity index (χ1n) is 7.74. The third-order valence-electron chi connectivity index (χ3n) is 3.71. The van der Waals surface area contributed by atoms with Gasteiger partial charge in [-0.25, -0.2) is 4.79 Å². The number of carbonyl (C=O) groups excluding carboxylic acids is 1. The molecule has 1 aliphatic heterocycles. The van der Waals surface area contributed by atoms with Crippen molar-refractivity contribution in [1.29, 1.82) is 0 Å². The molecule has 2 rings (SSSR count). The molecule has 1 heterocycles. The van der Waals surface area contributed by atoms with Crippen LogP contribution in [0.5, 0.6) is 5.75 Å². The molecule has 1 fully saturated rings. The number of nitrogens with zero attached hydrogens (tertiary/aromatic N) is 1. The molecule has 0 aliphatic carbocycles. The van der Waals surface area contributed by atoms with Crippen molar-refractivity contribution in [3.05, 3.63) is 29.8 Å². The lowest BCUT2D eigenvalue weighted by atomic mass is 9.87. The first-order chi connectivity index (χ1) is 10.3. The van der Waals surface area contributed by atoms with E-state index in [0.29, 0.717) is 13.1 Å². The zero-order valence-electron chi connectivity index (χ0n) is 13.8. The van der Waals surface area contributed by atoms with E-state index in [9.17, 15) is 4.79 Å². The molecular weight excluding hydrogens is 280 g/mol. The summed E-state index contributed by atoms with van der Waals surface area (Å²) >= 11 is 0. The lowest BCUT2D eigenvalue weighted by molar-refractivity contribution is 0.0433. The summed E-state index contributed by atoms with van der Waals surface area (Å²) in [6.45, 7) is 9.60. The van der Waals surface area contributed by atoms with Gasteiger partial charge >= 0.3 is 6.03 Å². The van der Waals surface area contributed by atoms with Crippen LogP contribution in [0.3, 0.4) is 0 Å². The van der Waals surface area contributed by atoms with Gasteiger partial charge in [-0.15, -0.1) is 0 Å². The zero-order valence-corrected chi connectivity index (χ0v) is 13.8. The van der Waals surface area contributed by atoms with E-state index in [-0.39, 0.29) is 24.1 Å². The third-order valence-corrected chi connectivity index (χ3v) is 3.71. The Morgan fingerprint density at radius 3 is 2.45 bits per heavy atom. The maximum atomic E-state index is 11.7. The molecule has 1 aliphatic rings. The van der Waals surface area contributed by atoms with E-state index in [1.165, 1.54) is 5.56 Å². The number of ether oxygens (including phenoxy) is 1. The first-order valence-corrected chi connectivity index (χ1v) is 7.74. The number of nitrogens with one attached hydrogen (secondary N) is 1. The summed E-state index contributed by atoms with van der Waals surface area (Å²) < 4.78 is 5.85. The zero-order chi connectivity index (χ0) is 16.3. The van der Waals surface area contributed by atoms with E-state index < -0.39 is 6.10 Å². The maximum absolute atomic E-state index is 11.7. The molecule has 122 valence electrons. The number of aliphatic hydroxyl groups is 1. The second kappa shape index (κ2) is 6.57. The van der Waals surface area contributed by atoms with Gasteiger partial charge in [0.15, 0.2) is 0 Å². The highest BCUT2D eigenvalue weighted by atomic mass is 16.5. The number of rotatable bonds is 4. The number of benzene rings is 1. The standard InChI is InChI=1S/C17H26N2O3/c1-12(20)9-18-16(21)19-10-15(11-19)22-14-7-5-13(6-8-14)17(2,3)4/h5-8,12,15,20H,9-11H2,1-4H3,(H,18,21). The van der Waals surface area contributed by atoms with Crippen LogP contribution in [0.1, 0.15) is 33.3 Å². The fourth-order valence-electron chi connectivity index (χ4n) is 2.25. The average Bonchev–Trinajstić information content (AvgIpc) is 2.39. The molecule has 1 saturated heterocycles. The van der Waals surface area contributed by atoms with E-state index in [4.69, 9.17) is 9.84 Å². The summed E-state index contributed by atoms with van der Waals surface area (Å²) in [6, 6.07) is 7.99. The Labute approximate surface area is 132 Å². The molecule has 0 radical (unpaired) electrons. The van der Waals surface area contributed by atoms with Crippen molar-refractivity contribution in [2.24, 2.45) is 0 Å². The van der Waals surface area contributed by atoms with Crippen LogP contribution in [0, 0.1) is 0 Å². The molecule has 5 heteroatoms. The predicted octanol–water partition coefficient (Wildman–Crippen LogP) is 2.14. The summed E-state index contributed by atoms with van der Waals surface area (Å²) in [4.78, 5) is 13.4. The Morgan fingerprint density at radius 1 is 1.36 bits per heavy atom. The number of urea groups is 1. The number of likely N-dealkylation sites (tertiary alicyclic amines) is 1. The lowest BCUT2D eigenvalue weighted by Crippen LogP contribution is -2.59. The van der Waals surface area contributed by atoms with Crippen LogP contribution in [0.2, 0.25) is 0 Å². The Bertz CT molecular complexity index is 500. The number of amides is 2. The Hall–Kier alpha value is -1.75. The Morgan fingerprint density at radius 2 is 1.95 bits per heavy atom. The van der Waals surface area contributed by atoms with Crippen LogP contribution in [0.25, 0.3) is 0 Å². The van der Waals surface area contributed by atoms with Crippen molar-refractivity contribution in [2.45, 2.75) is 45.3 Å². The summed E-state index contributed by atoms with van der Waals surface area (Å²) in [7, 11) is 0. The fraction of sp³-hybridized carbons (Fsp3) is 0.588. The minimum Gasteiger partial charge on any atom is -0.487 e. The van der Waals surface area contributed by atoms with Gasteiger partial charge in [-0.1, -0.05) is 32.9 Å². The summed E-state index contributed by atoms with van der Waals surface area (Å²) in [5, 5.41) is 11.8. The monoisotopic (exact) mass is 306 g/mol. The smallest absolute Gasteiger partial charge is 0.317 e. The predicted molar refractivity (Wildman–Crippen MR) is 86.2 cm³/mol. The quantitative estimate of drug-likeness (QED) is 0.896.